The largest absolute Gasteiger partial charge is 0.375 e. The van der Waals surface area contributed by atoms with Crippen LogP contribution in [0.4, 0.5) is 22.7 Å². The minimum absolute atomic E-state index is 0.552. The van der Waals surface area contributed by atoms with Crippen LogP contribution in [0, 0.1) is 22.7 Å². The van der Waals surface area contributed by atoms with Crippen molar-refractivity contribution in [1.29, 1.82) is 10.5 Å². The second-order valence-electron chi connectivity index (χ2n) is 5.84. The molecule has 0 aromatic heterocycles. The summed E-state index contributed by atoms with van der Waals surface area (Å²) in [5.41, 5.74) is 4.48. The van der Waals surface area contributed by atoms with Crippen molar-refractivity contribution in [2.45, 2.75) is 13.8 Å². The van der Waals surface area contributed by atoms with Gasteiger partial charge < -0.3 is 15.1 Å². The molecule has 2 rings (SSSR count). The number of nitrogens with zero attached hydrogens (tertiary/aromatic N) is 4. The Bertz CT molecular complexity index is 759. The Morgan fingerprint density at radius 3 is 1.52 bits per heavy atom. The van der Waals surface area contributed by atoms with E-state index in [2.05, 4.69) is 41.1 Å². The maximum absolute atomic E-state index is 9.47. The molecule has 0 heterocycles. The van der Waals surface area contributed by atoms with Crippen molar-refractivity contribution in [3.63, 3.8) is 0 Å². The second kappa shape index (κ2) is 8.08. The standard InChI is InChI=1S/C20H23N5/c1-5-24(3)17-7-9-19(15(11-17)13-21)23-20-10-8-18(25(4)6-2)12-16(20)14-22/h7-12,23H,5-6H2,1-4H3. The number of hydrogen-bond donors (Lipinski definition) is 1. The van der Waals surface area contributed by atoms with Gasteiger partial charge in [-0.1, -0.05) is 0 Å². The fourth-order valence-corrected chi connectivity index (χ4v) is 2.45. The van der Waals surface area contributed by atoms with E-state index in [1.54, 1.807) is 0 Å². The molecule has 0 unspecified atom stereocenters. The molecule has 0 spiro atoms. The number of anilines is 4. The molecule has 0 saturated carbocycles. The normalized spacial score (nSPS) is 9.84. The smallest absolute Gasteiger partial charge is 0.101 e. The predicted molar refractivity (Wildman–Crippen MR) is 103 cm³/mol. The molecular weight excluding hydrogens is 310 g/mol. The van der Waals surface area contributed by atoms with Crippen LogP contribution in [0.3, 0.4) is 0 Å². The van der Waals surface area contributed by atoms with Gasteiger partial charge in [-0.2, -0.15) is 10.5 Å². The molecule has 0 radical (unpaired) electrons. The molecule has 1 N–H and O–H groups in total. The van der Waals surface area contributed by atoms with Gasteiger partial charge in [0.15, 0.2) is 0 Å². The number of nitriles is 2. The van der Waals surface area contributed by atoms with Crippen LogP contribution in [0.1, 0.15) is 25.0 Å². The molecule has 0 fully saturated rings. The lowest BCUT2D eigenvalue weighted by Gasteiger charge is -2.20. The zero-order valence-electron chi connectivity index (χ0n) is 15.2. The molecule has 5 heteroatoms. The summed E-state index contributed by atoms with van der Waals surface area (Å²) in [6.07, 6.45) is 0. The molecule has 0 aliphatic carbocycles. The molecule has 2 aromatic rings. The van der Waals surface area contributed by atoms with Gasteiger partial charge in [0.2, 0.25) is 0 Å². The van der Waals surface area contributed by atoms with Gasteiger partial charge in [0.1, 0.15) is 12.1 Å². The van der Waals surface area contributed by atoms with Gasteiger partial charge in [0.05, 0.1) is 22.5 Å². The highest BCUT2D eigenvalue weighted by atomic mass is 15.1. The molecule has 2 aromatic carbocycles. The van der Waals surface area contributed by atoms with Crippen LogP contribution in [-0.4, -0.2) is 27.2 Å². The van der Waals surface area contributed by atoms with Crippen LogP contribution in [-0.2, 0) is 0 Å². The van der Waals surface area contributed by atoms with E-state index in [1.807, 2.05) is 50.5 Å². The van der Waals surface area contributed by atoms with Crippen LogP contribution in [0.25, 0.3) is 0 Å². The Hall–Kier alpha value is -3.18. The zero-order valence-corrected chi connectivity index (χ0v) is 15.2. The molecule has 0 saturated heterocycles. The lowest BCUT2D eigenvalue weighted by Crippen LogP contribution is -2.16. The first-order valence-corrected chi connectivity index (χ1v) is 8.31. The number of nitrogens with one attached hydrogen (secondary N) is 1. The van der Waals surface area contributed by atoms with E-state index in [0.717, 1.165) is 24.5 Å². The molecule has 0 atom stereocenters. The van der Waals surface area contributed by atoms with Crippen molar-refractivity contribution in [1.82, 2.24) is 0 Å². The molecule has 128 valence electrons. The Morgan fingerprint density at radius 2 is 1.20 bits per heavy atom. The third-order valence-electron chi connectivity index (χ3n) is 4.35. The third kappa shape index (κ3) is 4.02. The van der Waals surface area contributed by atoms with Gasteiger partial charge in [-0.05, 0) is 50.2 Å². The number of benzene rings is 2. The first-order chi connectivity index (χ1) is 12.0. The highest BCUT2D eigenvalue weighted by Crippen LogP contribution is 2.29. The van der Waals surface area contributed by atoms with Gasteiger partial charge in [0, 0.05) is 38.6 Å². The molecule has 5 nitrogen and oxygen atoms in total. The molecular formula is C20H23N5. The molecule has 0 amide bonds. The van der Waals surface area contributed by atoms with E-state index in [9.17, 15) is 10.5 Å². The van der Waals surface area contributed by atoms with Gasteiger partial charge in [0.25, 0.3) is 0 Å². The van der Waals surface area contributed by atoms with Gasteiger partial charge in [-0.15, -0.1) is 0 Å². The minimum Gasteiger partial charge on any atom is -0.375 e. The summed E-state index contributed by atoms with van der Waals surface area (Å²) in [6, 6.07) is 15.9. The second-order valence-corrected chi connectivity index (χ2v) is 5.84. The van der Waals surface area contributed by atoms with Crippen molar-refractivity contribution < 1.29 is 0 Å². The van der Waals surface area contributed by atoms with E-state index < -0.39 is 0 Å². The number of hydrogen-bond acceptors (Lipinski definition) is 5. The van der Waals surface area contributed by atoms with Crippen molar-refractivity contribution in [3.8, 4) is 12.1 Å². The van der Waals surface area contributed by atoms with E-state index in [0.29, 0.717) is 22.5 Å². The van der Waals surface area contributed by atoms with Crippen LogP contribution in [0.15, 0.2) is 36.4 Å². The molecule has 0 bridgehead atoms. The maximum atomic E-state index is 9.47. The summed E-state index contributed by atoms with van der Waals surface area (Å²) >= 11 is 0. The summed E-state index contributed by atoms with van der Waals surface area (Å²) in [7, 11) is 3.97. The quantitative estimate of drug-likeness (QED) is 0.862. The van der Waals surface area contributed by atoms with Gasteiger partial charge >= 0.3 is 0 Å². The fraction of sp³-hybridized carbons (Fsp3) is 0.300. The molecule has 0 aliphatic heterocycles. The van der Waals surface area contributed by atoms with E-state index >= 15 is 0 Å². The first-order valence-electron chi connectivity index (χ1n) is 8.31. The van der Waals surface area contributed by atoms with Crippen molar-refractivity contribution in [2.75, 3.05) is 42.3 Å². The van der Waals surface area contributed by atoms with Crippen molar-refractivity contribution >= 4 is 22.7 Å². The number of rotatable bonds is 6. The van der Waals surface area contributed by atoms with Gasteiger partial charge in [-0.25, -0.2) is 0 Å². The molecule has 25 heavy (non-hydrogen) atoms. The van der Waals surface area contributed by atoms with E-state index in [-0.39, 0.29) is 0 Å². The van der Waals surface area contributed by atoms with E-state index in [1.165, 1.54) is 0 Å². The molecule has 0 aliphatic rings. The highest BCUT2D eigenvalue weighted by molar-refractivity contribution is 5.75. The summed E-state index contributed by atoms with van der Waals surface area (Å²) in [5, 5.41) is 22.2. The lowest BCUT2D eigenvalue weighted by molar-refractivity contribution is 0.967. The third-order valence-corrected chi connectivity index (χ3v) is 4.35. The monoisotopic (exact) mass is 333 g/mol. The Labute approximate surface area is 149 Å². The zero-order chi connectivity index (χ0) is 18.4. The van der Waals surface area contributed by atoms with Crippen LogP contribution in [0.5, 0.6) is 0 Å². The first kappa shape index (κ1) is 18.2. The summed E-state index contributed by atoms with van der Waals surface area (Å²) in [4.78, 5) is 4.14. The summed E-state index contributed by atoms with van der Waals surface area (Å²) in [5.74, 6) is 0. The summed E-state index contributed by atoms with van der Waals surface area (Å²) in [6.45, 7) is 5.85. The SMILES string of the molecule is CCN(C)c1ccc(Nc2ccc(N(C)CC)cc2C#N)c(C#N)c1. The average molecular weight is 333 g/mol. The van der Waals surface area contributed by atoms with E-state index in [4.69, 9.17) is 0 Å². The topological polar surface area (TPSA) is 66.1 Å². The maximum Gasteiger partial charge on any atom is 0.101 e. The lowest BCUT2D eigenvalue weighted by atomic mass is 10.1. The Kier molecular flexibility index (Phi) is 5.87. The van der Waals surface area contributed by atoms with Crippen LogP contribution >= 0.6 is 0 Å². The Balaban J connectivity index is 2.37. The minimum atomic E-state index is 0.552. The Morgan fingerprint density at radius 1 is 0.800 bits per heavy atom. The van der Waals surface area contributed by atoms with Crippen LogP contribution < -0.4 is 15.1 Å². The average Bonchev–Trinajstić information content (AvgIpc) is 2.67. The highest BCUT2D eigenvalue weighted by Gasteiger charge is 2.10. The summed E-state index contributed by atoms with van der Waals surface area (Å²) < 4.78 is 0. The van der Waals surface area contributed by atoms with Crippen molar-refractivity contribution in [3.05, 3.63) is 47.5 Å². The van der Waals surface area contributed by atoms with Crippen LogP contribution in [0.2, 0.25) is 0 Å². The fourth-order valence-electron chi connectivity index (χ4n) is 2.45. The van der Waals surface area contributed by atoms with Gasteiger partial charge in [-0.3, -0.25) is 0 Å². The van der Waals surface area contributed by atoms with Crippen molar-refractivity contribution in [2.24, 2.45) is 0 Å². The predicted octanol–water partition coefficient (Wildman–Crippen LogP) is 4.09.